The maximum Gasteiger partial charge on any atom is 1.00 e. The Kier molecular flexibility index (Phi) is 8.57. The second-order valence-corrected chi connectivity index (χ2v) is 9.99. The summed E-state index contributed by atoms with van der Waals surface area (Å²) in [5, 5.41) is 9.56. The number of carbonyl (C=O) groups is 1. The Bertz CT molecular complexity index is 943. The molecule has 7 heteroatoms. The second-order valence-electron chi connectivity index (χ2n) is 7.21. The molecule has 0 radical (unpaired) electrons. The predicted octanol–water partition coefficient (Wildman–Crippen LogP) is 3.61. The fraction of sp³-hybridized carbons (Fsp3) is 0.273. The number of ether oxygens (including phenoxy) is 2. The van der Waals surface area contributed by atoms with Crippen LogP contribution in [-0.4, -0.2) is 5.97 Å². The number of para-hydroxylation sites is 1. The number of esters is 1. The van der Waals surface area contributed by atoms with Crippen molar-refractivity contribution >= 4 is 37.8 Å². The number of benzene rings is 2. The SMILES string of the molecule is CC1(C)[C@H](C(=O)O[C@H](C#N)c2cccc(Oc3ccccc3)c2)[C@@H]1C=C(Br)Br.[H-].[Na+]. The predicted molar refractivity (Wildman–Crippen MR) is 115 cm³/mol. The maximum absolute atomic E-state index is 12.7. The fourth-order valence-corrected chi connectivity index (χ4v) is 3.87. The first-order valence-corrected chi connectivity index (χ1v) is 10.4. The van der Waals surface area contributed by atoms with E-state index in [-0.39, 0.29) is 54.2 Å². The van der Waals surface area contributed by atoms with Crippen molar-refractivity contribution in [2.24, 2.45) is 17.3 Å². The summed E-state index contributed by atoms with van der Waals surface area (Å²) >= 11 is 6.68. The van der Waals surface area contributed by atoms with Gasteiger partial charge in [-0.25, -0.2) is 0 Å². The molecule has 1 saturated carbocycles. The zero-order chi connectivity index (χ0) is 20.3. The first kappa shape index (κ1) is 24.2. The molecule has 1 aliphatic rings. The van der Waals surface area contributed by atoms with Gasteiger partial charge in [0.2, 0.25) is 6.10 Å². The van der Waals surface area contributed by atoms with Crippen LogP contribution in [0.3, 0.4) is 0 Å². The minimum atomic E-state index is -0.986. The average molecular weight is 529 g/mol. The van der Waals surface area contributed by atoms with Gasteiger partial charge in [-0.05, 0) is 67.5 Å². The molecule has 0 amide bonds. The van der Waals surface area contributed by atoms with E-state index in [1.54, 1.807) is 24.3 Å². The first-order valence-electron chi connectivity index (χ1n) is 8.78. The molecular weight excluding hydrogens is 509 g/mol. The minimum Gasteiger partial charge on any atom is -1.00 e. The van der Waals surface area contributed by atoms with Gasteiger partial charge in [0.1, 0.15) is 17.6 Å². The summed E-state index contributed by atoms with van der Waals surface area (Å²) in [4.78, 5) is 12.7. The molecular formula is C22H20Br2NNaO3. The summed E-state index contributed by atoms with van der Waals surface area (Å²) in [5.74, 6) is 0.683. The number of nitriles is 1. The van der Waals surface area contributed by atoms with Crippen LogP contribution in [0.15, 0.2) is 64.1 Å². The third kappa shape index (κ3) is 5.96. The van der Waals surface area contributed by atoms with E-state index in [1.165, 1.54) is 0 Å². The van der Waals surface area contributed by atoms with Crippen LogP contribution in [0, 0.1) is 28.6 Å². The molecule has 3 rings (SSSR count). The van der Waals surface area contributed by atoms with E-state index in [4.69, 9.17) is 9.47 Å². The van der Waals surface area contributed by atoms with Crippen molar-refractivity contribution in [3.8, 4) is 17.6 Å². The zero-order valence-corrected chi connectivity index (χ0v) is 21.6. The molecule has 2 aromatic carbocycles. The molecule has 3 atom stereocenters. The molecule has 29 heavy (non-hydrogen) atoms. The standard InChI is InChI=1S/C22H19Br2NO3.Na.H/c1-22(2)17(12-19(23)24)20(22)21(26)28-18(13-25)14-7-6-10-16(11-14)27-15-8-4-3-5-9-15;;/h3-12,17-18,20H,1-2H3;;/q;+1;-1/t17-,18+,20-;;/m0../s1. The fourth-order valence-electron chi connectivity index (χ4n) is 3.30. The van der Waals surface area contributed by atoms with Crippen LogP contribution in [0.1, 0.15) is 26.9 Å². The summed E-state index contributed by atoms with van der Waals surface area (Å²) in [6, 6.07) is 18.5. The van der Waals surface area contributed by atoms with Crippen molar-refractivity contribution in [1.82, 2.24) is 0 Å². The van der Waals surface area contributed by atoms with Crippen LogP contribution in [0.2, 0.25) is 0 Å². The molecule has 0 aliphatic heterocycles. The van der Waals surface area contributed by atoms with Crippen molar-refractivity contribution in [3.63, 3.8) is 0 Å². The van der Waals surface area contributed by atoms with E-state index in [0.29, 0.717) is 17.1 Å². The van der Waals surface area contributed by atoms with Crippen molar-refractivity contribution in [2.45, 2.75) is 20.0 Å². The molecule has 146 valence electrons. The second kappa shape index (κ2) is 10.3. The van der Waals surface area contributed by atoms with Gasteiger partial charge < -0.3 is 10.9 Å². The summed E-state index contributed by atoms with van der Waals surface area (Å²) in [7, 11) is 0. The summed E-state index contributed by atoms with van der Waals surface area (Å²) in [6.07, 6.45) is 0.960. The Morgan fingerprint density at radius 1 is 1.17 bits per heavy atom. The molecule has 0 saturated heterocycles. The Hall–Kier alpha value is -1.10. The molecule has 4 nitrogen and oxygen atoms in total. The summed E-state index contributed by atoms with van der Waals surface area (Å²) < 4.78 is 12.2. The zero-order valence-electron chi connectivity index (χ0n) is 17.4. The van der Waals surface area contributed by atoms with Gasteiger partial charge >= 0.3 is 35.5 Å². The number of carbonyl (C=O) groups excluding carboxylic acids is 1. The molecule has 0 bridgehead atoms. The Morgan fingerprint density at radius 3 is 2.45 bits per heavy atom. The van der Waals surface area contributed by atoms with Gasteiger partial charge in [-0.3, -0.25) is 4.79 Å². The molecule has 0 heterocycles. The van der Waals surface area contributed by atoms with E-state index >= 15 is 0 Å². The molecule has 0 spiro atoms. The normalized spacial score (nSPS) is 19.7. The topological polar surface area (TPSA) is 59.3 Å². The number of nitrogens with zero attached hydrogens (tertiary/aromatic N) is 1. The number of rotatable bonds is 6. The smallest absolute Gasteiger partial charge is 1.00 e. The molecule has 0 unspecified atom stereocenters. The maximum atomic E-state index is 12.7. The van der Waals surface area contributed by atoms with Gasteiger partial charge in [0.15, 0.2) is 0 Å². The third-order valence-corrected chi connectivity index (χ3v) is 5.49. The number of hydrogen-bond donors (Lipinski definition) is 0. The van der Waals surface area contributed by atoms with Gasteiger partial charge in [0.25, 0.3) is 0 Å². The third-order valence-electron chi connectivity index (χ3n) is 4.96. The van der Waals surface area contributed by atoms with Crippen molar-refractivity contribution in [1.29, 1.82) is 5.26 Å². The van der Waals surface area contributed by atoms with E-state index in [2.05, 4.69) is 37.9 Å². The van der Waals surface area contributed by atoms with E-state index in [9.17, 15) is 10.1 Å². The van der Waals surface area contributed by atoms with E-state index in [0.717, 1.165) is 3.39 Å². The largest absolute Gasteiger partial charge is 1.00 e. The Morgan fingerprint density at radius 2 is 1.83 bits per heavy atom. The number of hydrogen-bond acceptors (Lipinski definition) is 4. The van der Waals surface area contributed by atoms with Crippen molar-refractivity contribution in [2.75, 3.05) is 0 Å². The van der Waals surface area contributed by atoms with Crippen LogP contribution >= 0.6 is 31.9 Å². The van der Waals surface area contributed by atoms with Crippen LogP contribution in [0.5, 0.6) is 11.5 Å². The quantitative estimate of drug-likeness (QED) is 0.424. The molecule has 0 aromatic heterocycles. The molecule has 0 N–H and O–H groups in total. The van der Waals surface area contributed by atoms with Crippen LogP contribution in [-0.2, 0) is 9.53 Å². The monoisotopic (exact) mass is 527 g/mol. The number of allylic oxidation sites excluding steroid dienone is 1. The minimum absolute atomic E-state index is 0. The van der Waals surface area contributed by atoms with E-state index in [1.807, 2.05) is 50.3 Å². The molecule has 1 fully saturated rings. The Balaban J connectivity index is 0.00000225. The molecule has 2 aromatic rings. The van der Waals surface area contributed by atoms with Gasteiger partial charge in [0.05, 0.1) is 9.31 Å². The Labute approximate surface area is 211 Å². The van der Waals surface area contributed by atoms with Gasteiger partial charge in [-0.1, -0.05) is 50.3 Å². The van der Waals surface area contributed by atoms with Crippen molar-refractivity contribution in [3.05, 3.63) is 69.6 Å². The van der Waals surface area contributed by atoms with Crippen molar-refractivity contribution < 1.29 is 45.3 Å². The van der Waals surface area contributed by atoms with Crippen LogP contribution in [0.25, 0.3) is 0 Å². The van der Waals surface area contributed by atoms with Gasteiger partial charge in [-0.2, -0.15) is 5.26 Å². The van der Waals surface area contributed by atoms with Gasteiger partial charge in [-0.15, -0.1) is 0 Å². The number of halogens is 2. The summed E-state index contributed by atoms with van der Waals surface area (Å²) in [6.45, 7) is 4.03. The summed E-state index contributed by atoms with van der Waals surface area (Å²) in [5.41, 5.74) is 0.374. The molecule has 1 aliphatic carbocycles. The van der Waals surface area contributed by atoms with E-state index < -0.39 is 6.10 Å². The van der Waals surface area contributed by atoms with Gasteiger partial charge in [0, 0.05) is 5.56 Å². The van der Waals surface area contributed by atoms with Crippen LogP contribution < -0.4 is 34.3 Å². The van der Waals surface area contributed by atoms with Crippen LogP contribution in [0.4, 0.5) is 0 Å². The average Bonchev–Trinajstić information content (AvgIpc) is 3.20. The first-order chi connectivity index (χ1) is 13.3.